The molecule has 0 heterocycles. The van der Waals surface area contributed by atoms with Crippen LogP contribution in [0.2, 0.25) is 0 Å². The van der Waals surface area contributed by atoms with Gasteiger partial charge in [0.05, 0.1) is 0 Å². The van der Waals surface area contributed by atoms with Crippen molar-refractivity contribution in [2.75, 3.05) is 0 Å². The lowest BCUT2D eigenvalue weighted by Crippen LogP contribution is -2.23. The second-order valence-corrected chi connectivity index (χ2v) is 3.89. The highest BCUT2D eigenvalue weighted by Gasteiger charge is 2.34. The van der Waals surface area contributed by atoms with Gasteiger partial charge in [-0.15, -0.1) is 0 Å². The highest BCUT2D eigenvalue weighted by molar-refractivity contribution is 6.24. The minimum absolute atomic E-state index is 0.0413. The second-order valence-electron chi connectivity index (χ2n) is 3.89. The van der Waals surface area contributed by atoms with Gasteiger partial charge < -0.3 is 0 Å². The van der Waals surface area contributed by atoms with Crippen molar-refractivity contribution in [2.45, 2.75) is 46.1 Å². The molecule has 0 aliphatic heterocycles. The molecular weight excluding hydrogens is 178 g/mol. The van der Waals surface area contributed by atoms with Crippen molar-refractivity contribution in [3.8, 4) is 0 Å². The van der Waals surface area contributed by atoms with Gasteiger partial charge in [0.1, 0.15) is 17.5 Å². The normalized spacial score (nSPS) is 26.9. The zero-order valence-electron chi connectivity index (χ0n) is 9.04. The first-order chi connectivity index (χ1) is 6.56. The van der Waals surface area contributed by atoms with E-state index >= 15 is 0 Å². The van der Waals surface area contributed by atoms with Crippen LogP contribution in [0.5, 0.6) is 0 Å². The fraction of sp³-hybridized carbons (Fsp3) is 0.727. The Morgan fingerprint density at radius 2 is 2.21 bits per heavy atom. The molecule has 0 saturated heterocycles. The van der Waals surface area contributed by atoms with Crippen molar-refractivity contribution in [3.63, 3.8) is 0 Å². The van der Waals surface area contributed by atoms with E-state index in [1.54, 1.807) is 0 Å². The number of carbonyl (C=O) groups is 2. The van der Waals surface area contributed by atoms with Crippen LogP contribution >= 0.6 is 0 Å². The predicted molar refractivity (Wildman–Crippen MR) is 55.6 cm³/mol. The van der Waals surface area contributed by atoms with Crippen molar-refractivity contribution in [2.24, 2.45) is 10.9 Å². The molecule has 1 rings (SSSR count). The lowest BCUT2D eigenvalue weighted by molar-refractivity contribution is -0.127. The van der Waals surface area contributed by atoms with Gasteiger partial charge in [0.15, 0.2) is 0 Å². The molecule has 3 heteroatoms. The maximum atomic E-state index is 11.4. The summed E-state index contributed by atoms with van der Waals surface area (Å²) in [7, 11) is 0. The summed E-state index contributed by atoms with van der Waals surface area (Å²) in [4.78, 5) is 27.1. The SMILES string of the molecule is CC[C@@H](C)N=C1CCC(=O)C1C(C)=O. The van der Waals surface area contributed by atoms with E-state index in [4.69, 9.17) is 0 Å². The zero-order valence-corrected chi connectivity index (χ0v) is 9.04. The molecule has 1 aliphatic carbocycles. The summed E-state index contributed by atoms with van der Waals surface area (Å²) in [6.45, 7) is 5.53. The Kier molecular flexibility index (Phi) is 3.55. The maximum Gasteiger partial charge on any atom is 0.149 e. The van der Waals surface area contributed by atoms with Crippen LogP contribution in [0.4, 0.5) is 0 Å². The van der Waals surface area contributed by atoms with E-state index in [2.05, 4.69) is 4.99 Å². The maximum absolute atomic E-state index is 11.4. The molecular formula is C11H17NO2. The topological polar surface area (TPSA) is 46.5 Å². The lowest BCUT2D eigenvalue weighted by atomic mass is 10.0. The van der Waals surface area contributed by atoms with Crippen molar-refractivity contribution >= 4 is 17.3 Å². The molecule has 1 unspecified atom stereocenters. The largest absolute Gasteiger partial charge is 0.299 e. The van der Waals surface area contributed by atoms with Crippen LogP contribution in [0.25, 0.3) is 0 Å². The third-order valence-corrected chi connectivity index (χ3v) is 2.67. The molecule has 0 N–H and O–H groups in total. The molecule has 0 aromatic carbocycles. The van der Waals surface area contributed by atoms with Crippen LogP contribution in [0.3, 0.4) is 0 Å². The molecule has 0 aromatic heterocycles. The summed E-state index contributed by atoms with van der Waals surface area (Å²) in [5.41, 5.74) is 0.803. The first kappa shape index (κ1) is 11.1. The number of aliphatic imine (C=N–C) groups is 1. The summed E-state index contributed by atoms with van der Waals surface area (Å²) < 4.78 is 0. The fourth-order valence-electron chi connectivity index (χ4n) is 1.70. The average Bonchev–Trinajstić information content (AvgIpc) is 2.46. The highest BCUT2D eigenvalue weighted by atomic mass is 16.1. The molecule has 0 bridgehead atoms. The third-order valence-electron chi connectivity index (χ3n) is 2.67. The van der Waals surface area contributed by atoms with E-state index < -0.39 is 5.92 Å². The molecule has 0 radical (unpaired) electrons. The van der Waals surface area contributed by atoms with Crippen LogP contribution in [0, 0.1) is 5.92 Å². The predicted octanol–water partition coefficient (Wildman–Crippen LogP) is 1.79. The number of hydrogen-bond donors (Lipinski definition) is 0. The summed E-state index contributed by atoms with van der Waals surface area (Å²) in [5, 5.41) is 0. The van der Waals surface area contributed by atoms with Crippen molar-refractivity contribution in [3.05, 3.63) is 0 Å². The van der Waals surface area contributed by atoms with Gasteiger partial charge in [0.25, 0.3) is 0 Å². The van der Waals surface area contributed by atoms with Gasteiger partial charge in [0, 0.05) is 18.2 Å². The number of Topliss-reactive ketones (excluding diaryl/α,β-unsaturated/α-hetero) is 2. The molecule has 1 saturated carbocycles. The van der Waals surface area contributed by atoms with Crippen molar-refractivity contribution < 1.29 is 9.59 Å². The molecule has 0 spiro atoms. The second kappa shape index (κ2) is 4.49. The molecule has 1 fully saturated rings. The number of nitrogens with zero attached hydrogens (tertiary/aromatic N) is 1. The first-order valence-electron chi connectivity index (χ1n) is 5.16. The van der Waals surface area contributed by atoms with Gasteiger partial charge in [-0.2, -0.15) is 0 Å². The highest BCUT2D eigenvalue weighted by Crippen LogP contribution is 2.21. The van der Waals surface area contributed by atoms with E-state index in [1.165, 1.54) is 6.92 Å². The van der Waals surface area contributed by atoms with Gasteiger partial charge in [0.2, 0.25) is 0 Å². The summed E-state index contributed by atoms with van der Waals surface area (Å²) in [6.07, 6.45) is 2.11. The van der Waals surface area contributed by atoms with Gasteiger partial charge in [-0.3, -0.25) is 14.6 Å². The Hall–Kier alpha value is -0.990. The monoisotopic (exact) mass is 195 g/mol. The summed E-state index contributed by atoms with van der Waals surface area (Å²) in [6, 6.07) is 0.220. The molecule has 0 aromatic rings. The van der Waals surface area contributed by atoms with E-state index in [1.807, 2.05) is 13.8 Å². The Balaban J connectivity index is 2.84. The Labute approximate surface area is 84.6 Å². The molecule has 0 amide bonds. The van der Waals surface area contributed by atoms with Crippen molar-refractivity contribution in [1.82, 2.24) is 0 Å². The zero-order chi connectivity index (χ0) is 10.7. The Bertz CT molecular complexity index is 281. The van der Waals surface area contributed by atoms with Crippen LogP contribution in [0.15, 0.2) is 4.99 Å². The molecule has 14 heavy (non-hydrogen) atoms. The van der Waals surface area contributed by atoms with Crippen LogP contribution in [0.1, 0.15) is 40.0 Å². The molecule has 2 atom stereocenters. The smallest absolute Gasteiger partial charge is 0.149 e. The third kappa shape index (κ3) is 2.28. The van der Waals surface area contributed by atoms with Gasteiger partial charge in [-0.25, -0.2) is 0 Å². The lowest BCUT2D eigenvalue weighted by Gasteiger charge is -2.08. The van der Waals surface area contributed by atoms with Crippen LogP contribution in [-0.2, 0) is 9.59 Å². The molecule has 78 valence electrons. The van der Waals surface area contributed by atoms with Crippen LogP contribution in [-0.4, -0.2) is 23.3 Å². The first-order valence-corrected chi connectivity index (χ1v) is 5.16. The Morgan fingerprint density at radius 3 is 2.71 bits per heavy atom. The van der Waals surface area contributed by atoms with Crippen LogP contribution < -0.4 is 0 Å². The Morgan fingerprint density at radius 1 is 1.57 bits per heavy atom. The summed E-state index contributed by atoms with van der Waals surface area (Å²) in [5.74, 6) is -0.543. The summed E-state index contributed by atoms with van der Waals surface area (Å²) >= 11 is 0. The standard InChI is InChI=1S/C11H17NO2/c1-4-7(2)12-9-5-6-10(14)11(9)8(3)13/h7,11H,4-6H2,1-3H3/t7-,11?/m1/s1. The minimum Gasteiger partial charge on any atom is -0.299 e. The number of hydrogen-bond acceptors (Lipinski definition) is 3. The van der Waals surface area contributed by atoms with Gasteiger partial charge >= 0.3 is 0 Å². The number of rotatable bonds is 3. The average molecular weight is 195 g/mol. The van der Waals surface area contributed by atoms with E-state index in [9.17, 15) is 9.59 Å². The van der Waals surface area contributed by atoms with Gasteiger partial charge in [-0.1, -0.05) is 6.92 Å². The molecule has 1 aliphatic rings. The fourth-order valence-corrected chi connectivity index (χ4v) is 1.70. The van der Waals surface area contributed by atoms with Crippen molar-refractivity contribution in [1.29, 1.82) is 0 Å². The van der Waals surface area contributed by atoms with E-state index in [0.29, 0.717) is 12.8 Å². The van der Waals surface area contributed by atoms with E-state index in [0.717, 1.165) is 12.1 Å². The number of ketones is 2. The molecule has 3 nitrogen and oxygen atoms in total. The number of carbonyl (C=O) groups excluding carboxylic acids is 2. The minimum atomic E-state index is -0.524. The van der Waals surface area contributed by atoms with Gasteiger partial charge in [-0.05, 0) is 26.7 Å². The van der Waals surface area contributed by atoms with E-state index in [-0.39, 0.29) is 17.6 Å². The quantitative estimate of drug-likeness (QED) is 0.644.